The highest BCUT2D eigenvalue weighted by molar-refractivity contribution is 6.34. The zero-order valence-corrected chi connectivity index (χ0v) is 12.6. The molecule has 0 bridgehead atoms. The number of carbonyl (C=O) groups is 1. The molecule has 0 saturated carbocycles. The Balaban J connectivity index is 2.24. The van der Waals surface area contributed by atoms with Crippen molar-refractivity contribution in [3.63, 3.8) is 0 Å². The van der Waals surface area contributed by atoms with Gasteiger partial charge in [0.15, 0.2) is 0 Å². The number of nitrogens with zero attached hydrogens (tertiary/aromatic N) is 2. The van der Waals surface area contributed by atoms with Crippen LogP contribution in [-0.2, 0) is 6.18 Å². The third-order valence-electron chi connectivity index (χ3n) is 2.96. The minimum absolute atomic E-state index is 0.362. The van der Waals surface area contributed by atoms with E-state index in [1.54, 1.807) is 31.2 Å². The van der Waals surface area contributed by atoms with Crippen LogP contribution in [0.3, 0.4) is 0 Å². The summed E-state index contributed by atoms with van der Waals surface area (Å²) in [6.07, 6.45) is -2.84. The highest BCUT2D eigenvalue weighted by atomic mass is 35.5. The summed E-state index contributed by atoms with van der Waals surface area (Å²) in [6.45, 7) is 1.58. The SMILES string of the molecule is CC(=NNC(=O)c1cnccc1C(F)(F)F)c1ccccc1Cl. The van der Waals surface area contributed by atoms with Gasteiger partial charge in [0, 0.05) is 23.0 Å². The lowest BCUT2D eigenvalue weighted by Gasteiger charge is -2.11. The molecule has 0 saturated heterocycles. The average molecular weight is 342 g/mol. The molecule has 0 aliphatic heterocycles. The van der Waals surface area contributed by atoms with Gasteiger partial charge in [0.1, 0.15) is 0 Å². The number of benzene rings is 1. The maximum absolute atomic E-state index is 12.9. The van der Waals surface area contributed by atoms with Gasteiger partial charge >= 0.3 is 6.18 Å². The van der Waals surface area contributed by atoms with E-state index in [4.69, 9.17) is 11.6 Å². The highest BCUT2D eigenvalue weighted by Crippen LogP contribution is 2.31. The van der Waals surface area contributed by atoms with Gasteiger partial charge in [-0.3, -0.25) is 9.78 Å². The van der Waals surface area contributed by atoms with Crippen LogP contribution in [-0.4, -0.2) is 16.6 Å². The van der Waals surface area contributed by atoms with Gasteiger partial charge in [-0.1, -0.05) is 29.8 Å². The van der Waals surface area contributed by atoms with Crippen molar-refractivity contribution in [3.05, 3.63) is 64.4 Å². The summed E-state index contributed by atoms with van der Waals surface area (Å²) < 4.78 is 38.6. The van der Waals surface area contributed by atoms with Crippen molar-refractivity contribution < 1.29 is 18.0 Å². The molecule has 0 aliphatic carbocycles. The molecule has 1 aromatic carbocycles. The lowest BCUT2D eigenvalue weighted by molar-refractivity contribution is -0.138. The van der Waals surface area contributed by atoms with Crippen molar-refractivity contribution in [3.8, 4) is 0 Å². The minimum Gasteiger partial charge on any atom is -0.267 e. The Bertz CT molecular complexity index is 760. The van der Waals surface area contributed by atoms with E-state index in [-0.39, 0.29) is 0 Å². The van der Waals surface area contributed by atoms with Crippen molar-refractivity contribution in [2.24, 2.45) is 5.10 Å². The number of hydrazone groups is 1. The minimum atomic E-state index is -4.66. The first kappa shape index (κ1) is 17.0. The van der Waals surface area contributed by atoms with E-state index in [0.717, 1.165) is 18.5 Å². The molecule has 0 radical (unpaired) electrons. The monoisotopic (exact) mass is 341 g/mol. The first-order valence-corrected chi connectivity index (χ1v) is 6.79. The molecule has 1 amide bonds. The van der Waals surface area contributed by atoms with Gasteiger partial charge in [0.25, 0.3) is 5.91 Å². The van der Waals surface area contributed by atoms with Crippen molar-refractivity contribution in [2.75, 3.05) is 0 Å². The molecule has 2 rings (SSSR count). The topological polar surface area (TPSA) is 54.4 Å². The Hall–Kier alpha value is -2.41. The fraction of sp³-hybridized carbons (Fsp3) is 0.133. The van der Waals surface area contributed by atoms with E-state index in [1.807, 2.05) is 0 Å². The lowest BCUT2D eigenvalue weighted by atomic mass is 10.1. The van der Waals surface area contributed by atoms with Crippen LogP contribution >= 0.6 is 11.6 Å². The maximum Gasteiger partial charge on any atom is 0.417 e. The zero-order chi connectivity index (χ0) is 17.0. The maximum atomic E-state index is 12.9. The summed E-state index contributed by atoms with van der Waals surface area (Å²) in [5.41, 5.74) is 1.34. The first-order chi connectivity index (χ1) is 10.8. The van der Waals surface area contributed by atoms with Crippen molar-refractivity contribution >= 4 is 23.2 Å². The van der Waals surface area contributed by atoms with Crippen molar-refractivity contribution in [1.29, 1.82) is 0 Å². The summed E-state index contributed by atoms with van der Waals surface area (Å²) in [7, 11) is 0. The van der Waals surface area contributed by atoms with Crippen LogP contribution in [0.4, 0.5) is 13.2 Å². The van der Waals surface area contributed by atoms with E-state index in [0.29, 0.717) is 16.3 Å². The number of rotatable bonds is 3. The summed E-state index contributed by atoms with van der Waals surface area (Å²) in [5.74, 6) is -1.00. The fourth-order valence-corrected chi connectivity index (χ4v) is 2.10. The second kappa shape index (κ2) is 6.78. The van der Waals surface area contributed by atoms with E-state index >= 15 is 0 Å². The van der Waals surface area contributed by atoms with Crippen LogP contribution in [0.1, 0.15) is 28.4 Å². The van der Waals surface area contributed by atoms with Crippen LogP contribution in [0.5, 0.6) is 0 Å². The number of halogens is 4. The Morgan fingerprint density at radius 3 is 2.57 bits per heavy atom. The van der Waals surface area contributed by atoms with Gasteiger partial charge in [0.05, 0.1) is 16.8 Å². The molecule has 0 fully saturated rings. The lowest BCUT2D eigenvalue weighted by Crippen LogP contribution is -2.23. The van der Waals surface area contributed by atoms with Gasteiger partial charge < -0.3 is 0 Å². The van der Waals surface area contributed by atoms with Gasteiger partial charge in [0.2, 0.25) is 0 Å². The smallest absolute Gasteiger partial charge is 0.267 e. The average Bonchev–Trinajstić information content (AvgIpc) is 2.52. The molecule has 4 nitrogen and oxygen atoms in total. The second-order valence-electron chi connectivity index (χ2n) is 4.54. The Labute approximate surface area is 135 Å². The molecule has 120 valence electrons. The molecule has 23 heavy (non-hydrogen) atoms. The largest absolute Gasteiger partial charge is 0.417 e. The number of hydrogen-bond donors (Lipinski definition) is 1. The quantitative estimate of drug-likeness (QED) is 0.680. The van der Waals surface area contributed by atoms with Crippen LogP contribution in [0, 0.1) is 0 Å². The standard InChI is InChI=1S/C15H11ClF3N3O/c1-9(10-4-2-3-5-13(10)16)21-22-14(23)11-8-20-7-6-12(11)15(17,18)19/h2-8H,1H3,(H,22,23). The molecule has 1 aromatic heterocycles. The van der Waals surface area contributed by atoms with E-state index < -0.39 is 23.2 Å². The van der Waals surface area contributed by atoms with Crippen LogP contribution in [0.25, 0.3) is 0 Å². The van der Waals surface area contributed by atoms with E-state index in [1.165, 1.54) is 0 Å². The fourth-order valence-electron chi connectivity index (χ4n) is 1.83. The summed E-state index contributed by atoms with van der Waals surface area (Å²) in [5, 5.41) is 4.21. The number of nitrogens with one attached hydrogen (secondary N) is 1. The van der Waals surface area contributed by atoms with Gasteiger partial charge in [-0.25, -0.2) is 5.43 Å². The Kier molecular flexibility index (Phi) is 5.00. The summed E-state index contributed by atoms with van der Waals surface area (Å²) in [6, 6.07) is 7.51. The van der Waals surface area contributed by atoms with Gasteiger partial charge in [-0.2, -0.15) is 18.3 Å². The molecule has 0 aliphatic rings. The van der Waals surface area contributed by atoms with Crippen LogP contribution < -0.4 is 5.43 Å². The first-order valence-electron chi connectivity index (χ1n) is 6.41. The molecule has 0 atom stereocenters. The predicted molar refractivity (Wildman–Crippen MR) is 80.4 cm³/mol. The van der Waals surface area contributed by atoms with Crippen molar-refractivity contribution in [2.45, 2.75) is 13.1 Å². The molecular weight excluding hydrogens is 331 g/mol. The third-order valence-corrected chi connectivity index (χ3v) is 3.29. The normalized spacial score (nSPS) is 12.1. The Morgan fingerprint density at radius 2 is 1.91 bits per heavy atom. The second-order valence-corrected chi connectivity index (χ2v) is 4.94. The zero-order valence-electron chi connectivity index (χ0n) is 11.9. The third kappa shape index (κ3) is 4.07. The molecule has 2 aromatic rings. The molecular formula is C15H11ClF3N3O. The van der Waals surface area contributed by atoms with Gasteiger partial charge in [-0.05, 0) is 19.1 Å². The summed E-state index contributed by atoms with van der Waals surface area (Å²) >= 11 is 5.98. The van der Waals surface area contributed by atoms with E-state index in [9.17, 15) is 18.0 Å². The Morgan fingerprint density at radius 1 is 1.22 bits per heavy atom. The molecule has 8 heteroatoms. The molecule has 1 heterocycles. The number of alkyl halides is 3. The number of carbonyl (C=O) groups excluding carboxylic acids is 1. The molecule has 1 N–H and O–H groups in total. The predicted octanol–water partition coefficient (Wildman–Crippen LogP) is 3.91. The number of hydrogen-bond acceptors (Lipinski definition) is 3. The number of amides is 1. The van der Waals surface area contributed by atoms with Gasteiger partial charge in [-0.15, -0.1) is 0 Å². The molecule has 0 spiro atoms. The van der Waals surface area contributed by atoms with E-state index in [2.05, 4.69) is 15.5 Å². The van der Waals surface area contributed by atoms with Crippen LogP contribution in [0.15, 0.2) is 47.8 Å². The number of pyridine rings is 1. The molecule has 0 unspecified atom stereocenters. The van der Waals surface area contributed by atoms with Crippen LogP contribution in [0.2, 0.25) is 5.02 Å². The van der Waals surface area contributed by atoms with Crippen molar-refractivity contribution in [1.82, 2.24) is 10.4 Å². The summed E-state index contributed by atoms with van der Waals surface area (Å²) in [4.78, 5) is 15.5. The highest BCUT2D eigenvalue weighted by Gasteiger charge is 2.35. The number of aromatic nitrogens is 1.